The molecule has 0 aliphatic carbocycles. The first-order chi connectivity index (χ1) is 12.2. The van der Waals surface area contributed by atoms with Gasteiger partial charge in [0.05, 0.1) is 7.11 Å². The number of benzene rings is 2. The van der Waals surface area contributed by atoms with Gasteiger partial charge in [0.2, 0.25) is 0 Å². The summed E-state index contributed by atoms with van der Waals surface area (Å²) >= 11 is 0. The molecule has 3 rings (SSSR count). The molecular weight excluding hydrogens is 319 g/mol. The first kappa shape index (κ1) is 16.7. The van der Waals surface area contributed by atoms with E-state index in [1.54, 1.807) is 25.3 Å². The van der Waals surface area contributed by atoms with E-state index in [2.05, 4.69) is 20.6 Å². The van der Waals surface area contributed by atoms with Crippen LogP contribution in [-0.2, 0) is 13.1 Å². The van der Waals surface area contributed by atoms with Gasteiger partial charge in [-0.3, -0.25) is 0 Å². The monoisotopic (exact) mass is 338 g/mol. The van der Waals surface area contributed by atoms with Gasteiger partial charge in [-0.25, -0.2) is 14.4 Å². The average Bonchev–Trinajstić information content (AvgIpc) is 2.66. The van der Waals surface area contributed by atoms with Gasteiger partial charge in [-0.2, -0.15) is 0 Å². The Kier molecular flexibility index (Phi) is 5.41. The van der Waals surface area contributed by atoms with Gasteiger partial charge in [-0.1, -0.05) is 30.3 Å². The fraction of sp³-hybridized carbons (Fsp3) is 0.158. The van der Waals surface area contributed by atoms with E-state index in [9.17, 15) is 4.39 Å². The van der Waals surface area contributed by atoms with Gasteiger partial charge in [0.25, 0.3) is 0 Å². The maximum absolute atomic E-state index is 13.6. The normalized spacial score (nSPS) is 10.3. The molecule has 0 amide bonds. The molecule has 128 valence electrons. The largest absolute Gasteiger partial charge is 0.497 e. The minimum Gasteiger partial charge on any atom is -0.497 e. The number of halogens is 1. The third-order valence-electron chi connectivity index (χ3n) is 3.72. The molecule has 2 aromatic carbocycles. The SMILES string of the molecule is COc1ccc(CNc2cc(NCc3ccccc3F)ncn2)cc1. The van der Waals surface area contributed by atoms with Gasteiger partial charge in [0.15, 0.2) is 0 Å². The molecule has 0 fully saturated rings. The zero-order valence-electron chi connectivity index (χ0n) is 13.9. The Balaban J connectivity index is 1.58. The molecule has 0 spiro atoms. The summed E-state index contributed by atoms with van der Waals surface area (Å²) in [6, 6.07) is 16.3. The van der Waals surface area contributed by atoms with Crippen molar-refractivity contribution in [3.8, 4) is 5.75 Å². The number of hydrogen-bond donors (Lipinski definition) is 2. The lowest BCUT2D eigenvalue weighted by molar-refractivity contribution is 0.414. The summed E-state index contributed by atoms with van der Waals surface area (Å²) < 4.78 is 18.8. The van der Waals surface area contributed by atoms with Gasteiger partial charge in [-0.05, 0) is 23.8 Å². The number of aromatic nitrogens is 2. The van der Waals surface area contributed by atoms with Crippen LogP contribution in [-0.4, -0.2) is 17.1 Å². The molecule has 2 N–H and O–H groups in total. The molecule has 0 aliphatic heterocycles. The third kappa shape index (κ3) is 4.67. The second kappa shape index (κ2) is 8.10. The molecule has 6 heteroatoms. The zero-order valence-corrected chi connectivity index (χ0v) is 13.9. The van der Waals surface area contributed by atoms with E-state index in [1.165, 1.54) is 12.4 Å². The maximum atomic E-state index is 13.6. The van der Waals surface area contributed by atoms with Crippen molar-refractivity contribution >= 4 is 11.6 Å². The lowest BCUT2D eigenvalue weighted by atomic mass is 10.2. The summed E-state index contributed by atoms with van der Waals surface area (Å²) in [5.41, 5.74) is 1.70. The highest BCUT2D eigenvalue weighted by Gasteiger charge is 2.03. The van der Waals surface area contributed by atoms with Crippen molar-refractivity contribution in [2.75, 3.05) is 17.7 Å². The van der Waals surface area contributed by atoms with Crippen LogP contribution < -0.4 is 15.4 Å². The second-order valence-electron chi connectivity index (χ2n) is 5.44. The lowest BCUT2D eigenvalue weighted by Gasteiger charge is -2.09. The molecule has 0 atom stereocenters. The number of hydrogen-bond acceptors (Lipinski definition) is 5. The van der Waals surface area contributed by atoms with E-state index in [1.807, 2.05) is 30.3 Å². The number of nitrogens with one attached hydrogen (secondary N) is 2. The molecule has 0 bridgehead atoms. The van der Waals surface area contributed by atoms with E-state index < -0.39 is 0 Å². The van der Waals surface area contributed by atoms with Crippen LogP contribution in [0.3, 0.4) is 0 Å². The van der Waals surface area contributed by atoms with Gasteiger partial charge >= 0.3 is 0 Å². The Morgan fingerprint density at radius 2 is 1.60 bits per heavy atom. The van der Waals surface area contributed by atoms with Crippen molar-refractivity contribution in [3.05, 3.63) is 77.9 Å². The van der Waals surface area contributed by atoms with E-state index >= 15 is 0 Å². The minimum atomic E-state index is -0.234. The predicted molar refractivity (Wildman–Crippen MR) is 96.1 cm³/mol. The zero-order chi connectivity index (χ0) is 17.5. The Hall–Kier alpha value is -3.15. The molecule has 0 saturated heterocycles. The van der Waals surface area contributed by atoms with Crippen LogP contribution in [0.1, 0.15) is 11.1 Å². The van der Waals surface area contributed by atoms with Crippen LogP contribution in [0.25, 0.3) is 0 Å². The van der Waals surface area contributed by atoms with Crippen molar-refractivity contribution in [1.29, 1.82) is 0 Å². The fourth-order valence-corrected chi connectivity index (χ4v) is 2.31. The first-order valence-electron chi connectivity index (χ1n) is 7.91. The van der Waals surface area contributed by atoms with Crippen molar-refractivity contribution in [2.24, 2.45) is 0 Å². The average molecular weight is 338 g/mol. The molecule has 0 unspecified atom stereocenters. The molecule has 0 saturated carbocycles. The standard InChI is InChI=1S/C19H19FN4O/c1-25-16-8-6-14(7-9-16)11-21-18-10-19(24-13-23-18)22-12-15-4-2-3-5-17(15)20/h2-10,13H,11-12H2,1H3,(H2,21,22,23,24). The predicted octanol–water partition coefficient (Wildman–Crippen LogP) is 3.85. The van der Waals surface area contributed by atoms with Gasteiger partial charge in [0.1, 0.15) is 29.5 Å². The van der Waals surface area contributed by atoms with E-state index in [0.717, 1.165) is 11.3 Å². The molecular formula is C19H19FN4O. The number of anilines is 2. The highest BCUT2D eigenvalue weighted by Crippen LogP contribution is 2.15. The van der Waals surface area contributed by atoms with Crippen LogP contribution in [0, 0.1) is 5.82 Å². The molecule has 3 aromatic rings. The third-order valence-corrected chi connectivity index (χ3v) is 3.72. The fourth-order valence-electron chi connectivity index (χ4n) is 2.31. The summed E-state index contributed by atoms with van der Waals surface area (Å²) in [6.07, 6.45) is 1.47. The van der Waals surface area contributed by atoms with Crippen molar-refractivity contribution in [3.63, 3.8) is 0 Å². The van der Waals surface area contributed by atoms with Crippen molar-refractivity contribution in [1.82, 2.24) is 9.97 Å². The highest BCUT2D eigenvalue weighted by molar-refractivity contribution is 5.47. The van der Waals surface area contributed by atoms with E-state index in [0.29, 0.717) is 30.3 Å². The van der Waals surface area contributed by atoms with Gasteiger partial charge < -0.3 is 15.4 Å². The molecule has 0 aliphatic rings. The number of ether oxygens (including phenoxy) is 1. The lowest BCUT2D eigenvalue weighted by Crippen LogP contribution is -2.06. The second-order valence-corrected chi connectivity index (χ2v) is 5.44. The van der Waals surface area contributed by atoms with Crippen molar-refractivity contribution < 1.29 is 9.13 Å². The quantitative estimate of drug-likeness (QED) is 0.685. The number of rotatable bonds is 7. The molecule has 0 radical (unpaired) electrons. The maximum Gasteiger partial charge on any atom is 0.131 e. The molecule has 1 heterocycles. The summed E-state index contributed by atoms with van der Waals surface area (Å²) in [5.74, 6) is 1.92. The van der Waals surface area contributed by atoms with E-state index in [-0.39, 0.29) is 5.82 Å². The Labute approximate surface area is 145 Å². The Bertz CT molecular complexity index is 824. The number of nitrogens with zero attached hydrogens (tertiary/aromatic N) is 2. The molecule has 25 heavy (non-hydrogen) atoms. The minimum absolute atomic E-state index is 0.234. The summed E-state index contributed by atoms with van der Waals surface area (Å²) in [7, 11) is 1.64. The first-order valence-corrected chi connectivity index (χ1v) is 7.91. The van der Waals surface area contributed by atoms with Crippen LogP contribution in [0.4, 0.5) is 16.0 Å². The number of methoxy groups -OCH3 is 1. The smallest absolute Gasteiger partial charge is 0.131 e. The summed E-state index contributed by atoms with van der Waals surface area (Å²) in [6.45, 7) is 0.995. The molecule has 5 nitrogen and oxygen atoms in total. The van der Waals surface area contributed by atoms with Crippen LogP contribution in [0.5, 0.6) is 5.75 Å². The highest BCUT2D eigenvalue weighted by atomic mass is 19.1. The van der Waals surface area contributed by atoms with Crippen molar-refractivity contribution in [2.45, 2.75) is 13.1 Å². The topological polar surface area (TPSA) is 59.1 Å². The summed E-state index contributed by atoms with van der Waals surface area (Å²) in [5, 5.41) is 6.35. The van der Waals surface area contributed by atoms with E-state index in [4.69, 9.17) is 4.74 Å². The Morgan fingerprint density at radius 1 is 0.920 bits per heavy atom. The van der Waals surface area contributed by atoms with Crippen LogP contribution >= 0.6 is 0 Å². The van der Waals surface area contributed by atoms with Gasteiger partial charge in [0, 0.05) is 24.7 Å². The summed E-state index contributed by atoms with van der Waals surface area (Å²) in [4.78, 5) is 8.36. The van der Waals surface area contributed by atoms with Crippen LogP contribution in [0.2, 0.25) is 0 Å². The van der Waals surface area contributed by atoms with Gasteiger partial charge in [-0.15, -0.1) is 0 Å². The Morgan fingerprint density at radius 3 is 2.28 bits per heavy atom. The molecule has 1 aromatic heterocycles. The van der Waals surface area contributed by atoms with Crippen LogP contribution in [0.15, 0.2) is 60.9 Å².